The van der Waals surface area contributed by atoms with Crippen molar-refractivity contribution >= 4 is 0 Å². The third-order valence-electron chi connectivity index (χ3n) is 4.45. The lowest BCUT2D eigenvalue weighted by Gasteiger charge is -2.28. The minimum absolute atomic E-state index is 0.0412. The van der Waals surface area contributed by atoms with Gasteiger partial charge in [-0.25, -0.2) is 0 Å². The molecule has 1 N–H and O–H groups in total. The molecule has 0 saturated heterocycles. The summed E-state index contributed by atoms with van der Waals surface area (Å²) in [4.78, 5) is 0. The van der Waals surface area contributed by atoms with Gasteiger partial charge in [0.1, 0.15) is 0 Å². The number of rotatable bonds is 10. The van der Waals surface area contributed by atoms with Gasteiger partial charge in [-0.3, -0.25) is 0 Å². The fraction of sp³-hybridized carbons (Fsp3) is 0.636. The summed E-state index contributed by atoms with van der Waals surface area (Å²) in [5.74, 6) is 0. The number of aliphatic hydroxyl groups excluding tert-OH is 1. The zero-order chi connectivity index (χ0) is 17.1. The van der Waals surface area contributed by atoms with Crippen LogP contribution < -0.4 is 0 Å². The Morgan fingerprint density at radius 1 is 1.04 bits per heavy atom. The molecule has 0 spiro atoms. The Kier molecular flexibility index (Phi) is 9.24. The molecule has 1 unspecified atom stereocenters. The van der Waals surface area contributed by atoms with Crippen molar-refractivity contribution in [3.05, 3.63) is 47.5 Å². The Morgan fingerprint density at radius 2 is 1.70 bits per heavy atom. The van der Waals surface area contributed by atoms with Gasteiger partial charge >= 0.3 is 0 Å². The second kappa shape index (κ2) is 10.6. The lowest BCUT2D eigenvalue weighted by atomic mass is 9.80. The molecule has 1 rings (SSSR count). The third-order valence-corrected chi connectivity index (χ3v) is 4.45. The number of allylic oxidation sites excluding steroid dienone is 1. The number of hydrogen-bond donors (Lipinski definition) is 1. The average molecular weight is 317 g/mol. The van der Waals surface area contributed by atoms with E-state index in [2.05, 4.69) is 58.0 Å². The normalized spacial score (nSPS) is 14.0. The highest BCUT2D eigenvalue weighted by atomic mass is 16.3. The van der Waals surface area contributed by atoms with Crippen LogP contribution in [0.1, 0.15) is 78.2 Å². The van der Waals surface area contributed by atoms with Gasteiger partial charge in [0.2, 0.25) is 0 Å². The first-order valence-electron chi connectivity index (χ1n) is 9.37. The molecule has 0 aliphatic rings. The quantitative estimate of drug-likeness (QED) is 0.396. The molecule has 0 heterocycles. The van der Waals surface area contributed by atoms with E-state index in [4.69, 9.17) is 0 Å². The summed E-state index contributed by atoms with van der Waals surface area (Å²) in [5, 5.41) is 10.7. The Balaban J connectivity index is 2.52. The summed E-state index contributed by atoms with van der Waals surface area (Å²) in [6.07, 6.45) is 11.3. The summed E-state index contributed by atoms with van der Waals surface area (Å²) >= 11 is 0. The number of hydrogen-bond acceptors (Lipinski definition) is 1. The largest absolute Gasteiger partial charge is 0.389 e. The predicted octanol–water partition coefficient (Wildman–Crippen LogP) is 6.31. The van der Waals surface area contributed by atoms with Crippen molar-refractivity contribution in [3.63, 3.8) is 0 Å². The van der Waals surface area contributed by atoms with Gasteiger partial charge in [0.25, 0.3) is 0 Å². The monoisotopic (exact) mass is 316 g/mol. The highest BCUT2D eigenvalue weighted by Gasteiger charge is 2.23. The number of aryl methyl sites for hydroxylation is 1. The summed E-state index contributed by atoms with van der Waals surface area (Å²) < 4.78 is 0. The number of benzene rings is 1. The minimum Gasteiger partial charge on any atom is -0.389 e. The first-order chi connectivity index (χ1) is 10.9. The molecule has 1 nitrogen and oxygen atoms in total. The van der Waals surface area contributed by atoms with Crippen molar-refractivity contribution in [2.45, 2.75) is 85.2 Å². The average Bonchev–Trinajstić information content (AvgIpc) is 2.51. The van der Waals surface area contributed by atoms with Gasteiger partial charge in [0.15, 0.2) is 0 Å². The van der Waals surface area contributed by atoms with Gasteiger partial charge < -0.3 is 5.11 Å². The predicted molar refractivity (Wildman–Crippen MR) is 102 cm³/mol. The van der Waals surface area contributed by atoms with E-state index < -0.39 is 0 Å². The van der Waals surface area contributed by atoms with Gasteiger partial charge in [-0.1, -0.05) is 89.8 Å². The Hall–Kier alpha value is -1.08. The smallest absolute Gasteiger partial charge is 0.0758 e. The van der Waals surface area contributed by atoms with Crippen LogP contribution in [0.25, 0.3) is 0 Å². The van der Waals surface area contributed by atoms with Crippen LogP contribution in [0.15, 0.2) is 42.0 Å². The van der Waals surface area contributed by atoms with Crippen molar-refractivity contribution in [1.29, 1.82) is 0 Å². The van der Waals surface area contributed by atoms with Gasteiger partial charge in [-0.2, -0.15) is 0 Å². The highest BCUT2D eigenvalue weighted by molar-refractivity contribution is 5.19. The zero-order valence-electron chi connectivity index (χ0n) is 15.6. The molecule has 0 aromatic heterocycles. The molecule has 0 amide bonds. The van der Waals surface area contributed by atoms with E-state index in [1.807, 2.05) is 6.07 Å². The molecule has 1 aromatic carbocycles. The molecule has 0 saturated carbocycles. The first-order valence-corrected chi connectivity index (χ1v) is 9.37. The molecule has 23 heavy (non-hydrogen) atoms. The lowest BCUT2D eigenvalue weighted by molar-refractivity contribution is 0.175. The van der Waals surface area contributed by atoms with Crippen LogP contribution in [0, 0.1) is 5.41 Å². The molecule has 1 atom stereocenters. The van der Waals surface area contributed by atoms with E-state index >= 15 is 0 Å². The fourth-order valence-electron chi connectivity index (χ4n) is 3.05. The summed E-state index contributed by atoms with van der Waals surface area (Å²) in [5.41, 5.74) is 2.56. The minimum atomic E-state index is -0.328. The van der Waals surface area contributed by atoms with Crippen molar-refractivity contribution < 1.29 is 5.11 Å². The van der Waals surface area contributed by atoms with Crippen LogP contribution in [0.5, 0.6) is 0 Å². The number of aliphatic hydroxyl groups is 1. The molecule has 1 heteroatoms. The molecule has 0 bridgehead atoms. The van der Waals surface area contributed by atoms with E-state index in [1.165, 1.54) is 43.2 Å². The molecule has 130 valence electrons. The van der Waals surface area contributed by atoms with Crippen molar-refractivity contribution in [2.75, 3.05) is 0 Å². The molecule has 0 aliphatic heterocycles. The lowest BCUT2D eigenvalue weighted by Crippen LogP contribution is -2.23. The first kappa shape index (κ1) is 20.0. The molecular weight excluding hydrogens is 280 g/mol. The maximum absolute atomic E-state index is 10.7. The van der Waals surface area contributed by atoms with Crippen molar-refractivity contribution in [3.8, 4) is 0 Å². The Labute approximate surface area is 143 Å². The second-order valence-electron chi connectivity index (χ2n) is 7.65. The molecule has 0 aliphatic carbocycles. The van der Waals surface area contributed by atoms with Crippen LogP contribution in [0.3, 0.4) is 0 Å². The maximum atomic E-state index is 10.7. The van der Waals surface area contributed by atoms with Gasteiger partial charge in [-0.15, -0.1) is 0 Å². The van der Waals surface area contributed by atoms with Crippen LogP contribution >= 0.6 is 0 Å². The summed E-state index contributed by atoms with van der Waals surface area (Å²) in [6, 6.07) is 10.5. The van der Waals surface area contributed by atoms with Crippen molar-refractivity contribution in [2.24, 2.45) is 5.41 Å². The van der Waals surface area contributed by atoms with E-state index in [0.29, 0.717) is 0 Å². The van der Waals surface area contributed by atoms with E-state index in [0.717, 1.165) is 19.3 Å². The van der Waals surface area contributed by atoms with Gasteiger partial charge in [-0.05, 0) is 42.2 Å². The van der Waals surface area contributed by atoms with Crippen LogP contribution in [-0.2, 0) is 6.42 Å². The standard InChI is InChI=1S/C22H36O/c1-5-6-7-8-9-13-16-20(22(2,3)4)21(23)18-17-19-14-11-10-12-15-19/h10-12,14-16,21,23H,5-9,13,17-18H2,1-4H3/b20-16-. The molecule has 1 aromatic rings. The van der Waals surface area contributed by atoms with Crippen molar-refractivity contribution in [1.82, 2.24) is 0 Å². The summed E-state index contributed by atoms with van der Waals surface area (Å²) in [7, 11) is 0. The maximum Gasteiger partial charge on any atom is 0.0758 e. The van der Waals surface area contributed by atoms with Gasteiger partial charge in [0, 0.05) is 0 Å². The Morgan fingerprint density at radius 3 is 2.30 bits per heavy atom. The molecule has 0 radical (unpaired) electrons. The van der Waals surface area contributed by atoms with Crippen LogP contribution in [0.4, 0.5) is 0 Å². The van der Waals surface area contributed by atoms with E-state index in [9.17, 15) is 5.11 Å². The molecule has 0 fully saturated rings. The summed E-state index contributed by atoms with van der Waals surface area (Å²) in [6.45, 7) is 8.88. The highest BCUT2D eigenvalue weighted by Crippen LogP contribution is 2.30. The van der Waals surface area contributed by atoms with Gasteiger partial charge in [0.05, 0.1) is 6.10 Å². The third kappa shape index (κ3) is 8.37. The number of unbranched alkanes of at least 4 members (excludes halogenated alkanes) is 5. The topological polar surface area (TPSA) is 20.2 Å². The second-order valence-corrected chi connectivity index (χ2v) is 7.65. The van der Waals surface area contributed by atoms with Crippen LogP contribution in [0.2, 0.25) is 0 Å². The van der Waals surface area contributed by atoms with E-state index in [1.54, 1.807) is 0 Å². The SMILES string of the molecule is CCCCCCC/C=C(/C(O)CCc1ccccc1)C(C)(C)C. The fourth-order valence-corrected chi connectivity index (χ4v) is 3.05. The Bertz CT molecular complexity index is 439. The van der Waals surface area contributed by atoms with E-state index in [-0.39, 0.29) is 11.5 Å². The molecular formula is C22H36O. The zero-order valence-corrected chi connectivity index (χ0v) is 15.6. The van der Waals surface area contributed by atoms with Crippen LogP contribution in [-0.4, -0.2) is 11.2 Å².